The van der Waals surface area contributed by atoms with Gasteiger partial charge in [-0.25, -0.2) is 13.1 Å². The van der Waals surface area contributed by atoms with Gasteiger partial charge in [0.25, 0.3) is 0 Å². The van der Waals surface area contributed by atoms with E-state index in [-0.39, 0.29) is 17.3 Å². The minimum Gasteiger partial charge on any atom is -0.392 e. The second kappa shape index (κ2) is 4.81. The van der Waals surface area contributed by atoms with Crippen molar-refractivity contribution in [2.24, 2.45) is 0 Å². The molecule has 1 heterocycles. The van der Waals surface area contributed by atoms with Crippen molar-refractivity contribution in [1.29, 1.82) is 0 Å². The molecule has 0 aliphatic heterocycles. The molecule has 0 saturated carbocycles. The van der Waals surface area contributed by atoms with E-state index in [0.717, 1.165) is 0 Å². The van der Waals surface area contributed by atoms with Gasteiger partial charge < -0.3 is 10.8 Å². The van der Waals surface area contributed by atoms with E-state index in [1.165, 1.54) is 17.8 Å². The normalized spacial score (nSPS) is 13.9. The lowest BCUT2D eigenvalue weighted by molar-refractivity contribution is 0.198. The quantitative estimate of drug-likeness (QED) is 0.628. The Morgan fingerprint density at radius 2 is 2.31 bits per heavy atom. The van der Waals surface area contributed by atoms with Gasteiger partial charge in [0, 0.05) is 19.3 Å². The lowest BCUT2D eigenvalue weighted by atomic mass is 10.4. The second-order valence-corrected chi connectivity index (χ2v) is 5.17. The molecule has 0 fully saturated rings. The maximum absolute atomic E-state index is 11.7. The van der Waals surface area contributed by atoms with Gasteiger partial charge in [0.2, 0.25) is 10.0 Å². The highest BCUT2D eigenvalue weighted by Crippen LogP contribution is 2.15. The number of sulfonamides is 1. The molecule has 1 unspecified atom stereocenters. The number of anilines is 1. The molecule has 0 amide bonds. The molecule has 0 aromatic carbocycles. The van der Waals surface area contributed by atoms with Crippen LogP contribution in [0, 0.1) is 0 Å². The first kappa shape index (κ1) is 12.9. The topological polar surface area (TPSA) is 110 Å². The zero-order valence-electron chi connectivity index (χ0n) is 9.21. The molecule has 0 saturated heterocycles. The summed E-state index contributed by atoms with van der Waals surface area (Å²) in [6.07, 6.45) is 0.608. The molecule has 0 aliphatic rings. The summed E-state index contributed by atoms with van der Waals surface area (Å²) in [4.78, 5) is -0.0602. The number of nitrogen functional groups attached to an aromatic ring is 1. The van der Waals surface area contributed by atoms with E-state index in [4.69, 9.17) is 10.8 Å². The van der Waals surface area contributed by atoms with E-state index in [9.17, 15) is 8.42 Å². The van der Waals surface area contributed by atoms with Crippen LogP contribution in [0.5, 0.6) is 0 Å². The van der Waals surface area contributed by atoms with E-state index in [2.05, 4.69) is 9.82 Å². The molecule has 0 aliphatic carbocycles. The average Bonchev–Trinajstić information content (AvgIpc) is 2.57. The highest BCUT2D eigenvalue weighted by atomic mass is 32.2. The van der Waals surface area contributed by atoms with E-state index >= 15 is 0 Å². The van der Waals surface area contributed by atoms with Crippen molar-refractivity contribution in [3.8, 4) is 0 Å². The third-order valence-corrected chi connectivity index (χ3v) is 3.38. The zero-order valence-corrected chi connectivity index (χ0v) is 10.0. The lowest BCUT2D eigenvalue weighted by Crippen LogP contribution is -2.30. The van der Waals surface area contributed by atoms with Gasteiger partial charge in [0.05, 0.1) is 6.10 Å². The van der Waals surface area contributed by atoms with Crippen LogP contribution in [-0.2, 0) is 16.6 Å². The third kappa shape index (κ3) is 2.94. The Morgan fingerprint density at radius 3 is 2.75 bits per heavy atom. The van der Waals surface area contributed by atoms with Crippen molar-refractivity contribution >= 4 is 15.8 Å². The Labute approximate surface area is 94.3 Å². The maximum atomic E-state index is 11.7. The maximum Gasteiger partial charge on any atom is 0.245 e. The summed E-state index contributed by atoms with van der Waals surface area (Å²) in [6.45, 7) is 3.79. The van der Waals surface area contributed by atoms with Gasteiger partial charge in [0.15, 0.2) is 5.82 Å². The van der Waals surface area contributed by atoms with E-state index in [1.54, 1.807) is 0 Å². The van der Waals surface area contributed by atoms with Crippen molar-refractivity contribution in [2.75, 3.05) is 12.3 Å². The second-order valence-electron chi connectivity index (χ2n) is 3.44. The predicted octanol–water partition coefficient (Wildman–Crippen LogP) is -0.856. The van der Waals surface area contributed by atoms with Crippen LogP contribution in [0.15, 0.2) is 11.1 Å². The van der Waals surface area contributed by atoms with Crippen LogP contribution in [0.1, 0.15) is 13.8 Å². The highest BCUT2D eigenvalue weighted by Gasteiger charge is 2.20. The van der Waals surface area contributed by atoms with E-state index in [0.29, 0.717) is 6.54 Å². The van der Waals surface area contributed by atoms with Crippen molar-refractivity contribution in [3.63, 3.8) is 0 Å². The number of rotatable bonds is 5. The smallest absolute Gasteiger partial charge is 0.245 e. The molecule has 4 N–H and O–H groups in total. The van der Waals surface area contributed by atoms with Crippen LogP contribution in [0.4, 0.5) is 5.82 Å². The number of nitrogens with one attached hydrogen (secondary N) is 1. The van der Waals surface area contributed by atoms with Crippen LogP contribution in [-0.4, -0.2) is 36.0 Å². The number of aliphatic hydroxyl groups is 1. The molecule has 0 spiro atoms. The molecule has 1 atom stereocenters. The van der Waals surface area contributed by atoms with Crippen LogP contribution in [0.3, 0.4) is 0 Å². The molecule has 0 radical (unpaired) electrons. The zero-order chi connectivity index (χ0) is 12.3. The number of hydrogen-bond acceptors (Lipinski definition) is 5. The summed E-state index contributed by atoms with van der Waals surface area (Å²) in [7, 11) is -3.69. The van der Waals surface area contributed by atoms with Crippen molar-refractivity contribution < 1.29 is 13.5 Å². The molecule has 1 aromatic heterocycles. The first-order valence-electron chi connectivity index (χ1n) is 4.87. The van der Waals surface area contributed by atoms with Crippen molar-refractivity contribution in [3.05, 3.63) is 6.20 Å². The summed E-state index contributed by atoms with van der Waals surface area (Å²) >= 11 is 0. The number of aromatic nitrogens is 2. The van der Waals surface area contributed by atoms with Crippen LogP contribution in [0.25, 0.3) is 0 Å². The molecular formula is C8H16N4O3S. The predicted molar refractivity (Wildman–Crippen MR) is 59.2 cm³/mol. The molecule has 92 valence electrons. The van der Waals surface area contributed by atoms with Crippen molar-refractivity contribution in [2.45, 2.75) is 31.4 Å². The van der Waals surface area contributed by atoms with Gasteiger partial charge in [-0.1, -0.05) is 0 Å². The molecular weight excluding hydrogens is 232 g/mol. The van der Waals surface area contributed by atoms with Crippen LogP contribution >= 0.6 is 0 Å². The molecule has 8 heteroatoms. The Hall–Kier alpha value is -1.12. The number of aryl methyl sites for hydroxylation is 1. The summed E-state index contributed by atoms with van der Waals surface area (Å²) in [5, 5.41) is 12.8. The van der Waals surface area contributed by atoms with Crippen molar-refractivity contribution in [1.82, 2.24) is 14.5 Å². The molecule has 7 nitrogen and oxygen atoms in total. The van der Waals surface area contributed by atoms with Crippen LogP contribution in [0.2, 0.25) is 0 Å². The number of nitrogens with two attached hydrogens (primary N) is 1. The Balaban J connectivity index is 2.93. The lowest BCUT2D eigenvalue weighted by Gasteiger charge is -2.06. The van der Waals surface area contributed by atoms with Crippen LogP contribution < -0.4 is 10.5 Å². The minimum atomic E-state index is -3.69. The highest BCUT2D eigenvalue weighted by molar-refractivity contribution is 7.89. The molecule has 1 aromatic rings. The Morgan fingerprint density at radius 1 is 1.69 bits per heavy atom. The van der Waals surface area contributed by atoms with Gasteiger partial charge in [-0.2, -0.15) is 5.10 Å². The van der Waals surface area contributed by atoms with Gasteiger partial charge in [-0.15, -0.1) is 0 Å². The summed E-state index contributed by atoms with van der Waals surface area (Å²) < 4.78 is 27.1. The average molecular weight is 248 g/mol. The van der Waals surface area contributed by atoms with Gasteiger partial charge >= 0.3 is 0 Å². The minimum absolute atomic E-state index is 0.0417. The number of nitrogens with zero attached hydrogens (tertiary/aromatic N) is 2. The van der Waals surface area contributed by atoms with Gasteiger partial charge in [-0.3, -0.25) is 4.68 Å². The summed E-state index contributed by atoms with van der Waals surface area (Å²) in [5.74, 6) is -0.0417. The molecule has 16 heavy (non-hydrogen) atoms. The fourth-order valence-electron chi connectivity index (χ4n) is 1.10. The molecule has 1 rings (SSSR count). The first-order valence-corrected chi connectivity index (χ1v) is 6.35. The Bertz CT molecular complexity index is 452. The first-order chi connectivity index (χ1) is 7.36. The Kier molecular flexibility index (Phi) is 3.89. The fraction of sp³-hybridized carbons (Fsp3) is 0.625. The van der Waals surface area contributed by atoms with Gasteiger partial charge in [0.1, 0.15) is 4.90 Å². The monoisotopic (exact) mass is 248 g/mol. The standard InChI is InChI=1S/C8H16N4O3S/c1-3-12-5-7(8(9)11-12)16(14,15)10-4-6(2)13/h5-6,10,13H,3-4H2,1-2H3,(H2,9,11). The fourth-order valence-corrected chi connectivity index (χ4v) is 2.29. The SMILES string of the molecule is CCn1cc(S(=O)(=O)NCC(C)O)c(N)n1. The number of hydrogen-bond donors (Lipinski definition) is 3. The molecule has 0 bridgehead atoms. The van der Waals surface area contributed by atoms with Gasteiger partial charge in [-0.05, 0) is 13.8 Å². The third-order valence-electron chi connectivity index (χ3n) is 1.94. The number of aliphatic hydroxyl groups excluding tert-OH is 1. The summed E-state index contributed by atoms with van der Waals surface area (Å²) in [5.41, 5.74) is 5.50. The largest absolute Gasteiger partial charge is 0.392 e. The summed E-state index contributed by atoms with van der Waals surface area (Å²) in [6, 6.07) is 0. The van der Waals surface area contributed by atoms with E-state index < -0.39 is 16.1 Å². The van der Waals surface area contributed by atoms with E-state index in [1.807, 2.05) is 6.92 Å².